The first-order chi connectivity index (χ1) is 14.4. The Morgan fingerprint density at radius 2 is 1.90 bits per heavy atom. The molecule has 0 fully saturated rings. The van der Waals surface area contributed by atoms with E-state index in [2.05, 4.69) is 17.2 Å². The zero-order valence-electron chi connectivity index (χ0n) is 17.2. The number of benzene rings is 1. The molecule has 2 unspecified atom stereocenters. The number of hydroxylamine groups is 1. The molecule has 1 aromatic carbocycles. The van der Waals surface area contributed by atoms with Gasteiger partial charge in [0.15, 0.2) is 0 Å². The van der Waals surface area contributed by atoms with Crippen LogP contribution >= 0.6 is 11.3 Å². The lowest BCUT2D eigenvalue weighted by Gasteiger charge is -2.21. The molecule has 0 radical (unpaired) electrons. The molecule has 1 aromatic heterocycles. The summed E-state index contributed by atoms with van der Waals surface area (Å²) >= 11 is 1.29. The van der Waals surface area contributed by atoms with Gasteiger partial charge >= 0.3 is 0 Å². The van der Waals surface area contributed by atoms with Gasteiger partial charge in [0.05, 0.1) is 22.4 Å². The van der Waals surface area contributed by atoms with Crippen LogP contribution in [-0.4, -0.2) is 43.6 Å². The molecule has 0 aliphatic carbocycles. The molecule has 2 amide bonds. The quantitative estimate of drug-likeness (QED) is 0.187. The number of nitrogens with one attached hydrogen (secondary N) is 2. The zero-order valence-corrected chi connectivity index (χ0v) is 18.0. The predicted octanol–water partition coefficient (Wildman–Crippen LogP) is 2.71. The Labute approximate surface area is 180 Å². The molecule has 160 valence electrons. The fraction of sp³-hybridized carbons (Fsp3) is 0.364. The van der Waals surface area contributed by atoms with E-state index in [1.54, 1.807) is 24.5 Å². The van der Waals surface area contributed by atoms with Crippen molar-refractivity contribution in [2.75, 3.05) is 20.5 Å². The van der Waals surface area contributed by atoms with E-state index >= 15 is 0 Å². The summed E-state index contributed by atoms with van der Waals surface area (Å²) in [6.45, 7) is 3.93. The van der Waals surface area contributed by atoms with E-state index < -0.39 is 17.9 Å². The number of ether oxygens (including phenoxy) is 2. The first-order valence-electron chi connectivity index (χ1n) is 9.43. The Morgan fingerprint density at radius 3 is 2.57 bits per heavy atom. The van der Waals surface area contributed by atoms with Gasteiger partial charge in [-0.25, -0.2) is 5.48 Å². The minimum Gasteiger partial charge on any atom is -0.359 e. The van der Waals surface area contributed by atoms with Crippen LogP contribution in [0.3, 0.4) is 0 Å². The topological polar surface area (TPSA) is 96.9 Å². The Bertz CT molecular complexity index is 898. The van der Waals surface area contributed by atoms with Gasteiger partial charge in [0.2, 0.25) is 5.91 Å². The number of amides is 2. The maximum atomic E-state index is 12.6. The lowest BCUT2D eigenvalue weighted by molar-refractivity contribution is -0.133. The van der Waals surface area contributed by atoms with E-state index in [4.69, 9.17) is 14.7 Å². The minimum absolute atomic E-state index is 0.0741. The molecule has 2 aromatic rings. The Morgan fingerprint density at radius 1 is 1.17 bits per heavy atom. The van der Waals surface area contributed by atoms with Crippen molar-refractivity contribution in [3.8, 4) is 11.8 Å². The second-order valence-electron chi connectivity index (χ2n) is 6.84. The van der Waals surface area contributed by atoms with E-state index in [9.17, 15) is 9.59 Å². The van der Waals surface area contributed by atoms with Crippen LogP contribution in [0, 0.1) is 24.7 Å². The minimum atomic E-state index is -0.522. The zero-order chi connectivity index (χ0) is 21.9. The van der Waals surface area contributed by atoms with Gasteiger partial charge in [-0.1, -0.05) is 36.5 Å². The summed E-state index contributed by atoms with van der Waals surface area (Å²) in [4.78, 5) is 25.5. The average molecular weight is 431 g/mol. The number of aryl methyl sites for hydroxylation is 1. The highest BCUT2D eigenvalue weighted by atomic mass is 32.1. The average Bonchev–Trinajstić information content (AvgIpc) is 3.22. The Kier molecular flexibility index (Phi) is 9.51. The van der Waals surface area contributed by atoms with Gasteiger partial charge in [-0.3, -0.25) is 14.8 Å². The number of methoxy groups -OCH3 is 1. The third-order valence-corrected chi connectivity index (χ3v) is 5.26. The van der Waals surface area contributed by atoms with Crippen molar-refractivity contribution in [3.63, 3.8) is 0 Å². The van der Waals surface area contributed by atoms with Crippen molar-refractivity contribution < 1.29 is 24.3 Å². The molecule has 0 aliphatic rings. The number of rotatable bonds is 9. The molecule has 2 rings (SSSR count). The molecular weight excluding hydrogens is 404 g/mol. The van der Waals surface area contributed by atoms with Crippen molar-refractivity contribution in [2.24, 2.45) is 5.92 Å². The first kappa shape index (κ1) is 23.6. The number of carbonyl (C=O) groups excluding carboxylic acids is 2. The summed E-state index contributed by atoms with van der Waals surface area (Å²) in [7, 11) is 1.50. The molecule has 3 N–H and O–H groups in total. The van der Waals surface area contributed by atoms with Crippen LogP contribution in [0.5, 0.6) is 0 Å². The molecule has 8 heteroatoms. The molecular formula is C22H26N2O5S. The highest BCUT2D eigenvalue weighted by Crippen LogP contribution is 2.17. The van der Waals surface area contributed by atoms with Crippen LogP contribution in [-0.2, 0) is 14.3 Å². The normalized spacial score (nSPS) is 12.4. The van der Waals surface area contributed by atoms with Crippen molar-refractivity contribution >= 4 is 23.2 Å². The van der Waals surface area contributed by atoms with E-state index in [1.807, 2.05) is 31.2 Å². The molecule has 0 saturated heterocycles. The van der Waals surface area contributed by atoms with Gasteiger partial charge < -0.3 is 14.8 Å². The fourth-order valence-electron chi connectivity index (χ4n) is 2.64. The van der Waals surface area contributed by atoms with Gasteiger partial charge in [-0.15, -0.1) is 11.3 Å². The molecule has 0 aliphatic heterocycles. The molecule has 0 bridgehead atoms. The van der Waals surface area contributed by atoms with E-state index in [1.165, 1.54) is 24.0 Å². The second kappa shape index (κ2) is 12.1. The number of carbonyl (C=O) groups is 2. The maximum Gasteiger partial charge on any atom is 0.261 e. The number of thiophene rings is 1. The van der Waals surface area contributed by atoms with Crippen LogP contribution in [0.2, 0.25) is 0 Å². The molecule has 1 heterocycles. The van der Waals surface area contributed by atoms with Crippen molar-refractivity contribution in [1.82, 2.24) is 10.8 Å². The second-order valence-corrected chi connectivity index (χ2v) is 7.92. The van der Waals surface area contributed by atoms with Crippen LogP contribution < -0.4 is 10.8 Å². The standard InChI is InChI=1S/C22H26N2O5S/c1-15-4-6-17(7-5-15)8-9-19-10-11-20(30-19)22(26)23-18(13-29-14-28-3)12-16(2)21(25)24-27/h4-7,10-11,16,18,27H,12-14H2,1-3H3,(H,23,26)(H,24,25). The largest absolute Gasteiger partial charge is 0.359 e. The Hall–Kier alpha value is -2.70. The monoisotopic (exact) mass is 430 g/mol. The van der Waals surface area contributed by atoms with Gasteiger partial charge in [0.1, 0.15) is 6.79 Å². The van der Waals surface area contributed by atoms with Gasteiger partial charge in [0.25, 0.3) is 5.91 Å². The fourth-order valence-corrected chi connectivity index (χ4v) is 3.40. The SMILES string of the molecule is COCOCC(CC(C)C(=O)NO)NC(=O)c1ccc(C#Cc2ccc(C)cc2)s1. The highest BCUT2D eigenvalue weighted by Gasteiger charge is 2.21. The van der Waals surface area contributed by atoms with Crippen molar-refractivity contribution in [3.05, 3.63) is 57.3 Å². The van der Waals surface area contributed by atoms with E-state index in [0.29, 0.717) is 11.3 Å². The van der Waals surface area contributed by atoms with Crippen LogP contribution in [0.15, 0.2) is 36.4 Å². The van der Waals surface area contributed by atoms with Gasteiger partial charge in [-0.05, 0) is 37.6 Å². The van der Waals surface area contributed by atoms with Crippen molar-refractivity contribution in [2.45, 2.75) is 26.3 Å². The summed E-state index contributed by atoms with van der Waals surface area (Å²) < 4.78 is 10.2. The molecule has 2 atom stereocenters. The smallest absolute Gasteiger partial charge is 0.261 e. The lowest BCUT2D eigenvalue weighted by Crippen LogP contribution is -2.41. The third kappa shape index (κ3) is 7.61. The van der Waals surface area contributed by atoms with Gasteiger partial charge in [-0.2, -0.15) is 0 Å². The molecule has 0 spiro atoms. The molecule has 30 heavy (non-hydrogen) atoms. The number of hydrogen-bond donors (Lipinski definition) is 3. The summed E-state index contributed by atoms with van der Waals surface area (Å²) in [6.07, 6.45) is 0.299. The first-order valence-corrected chi connectivity index (χ1v) is 10.2. The summed E-state index contributed by atoms with van der Waals surface area (Å²) in [5.74, 6) is 4.86. The number of hydrogen-bond acceptors (Lipinski definition) is 6. The molecule has 7 nitrogen and oxygen atoms in total. The summed E-state index contributed by atoms with van der Waals surface area (Å²) in [5.41, 5.74) is 3.71. The Balaban J connectivity index is 2.02. The highest BCUT2D eigenvalue weighted by molar-refractivity contribution is 7.14. The van der Waals surface area contributed by atoms with Gasteiger partial charge in [0, 0.05) is 18.6 Å². The third-order valence-electron chi connectivity index (χ3n) is 4.26. The van der Waals surface area contributed by atoms with Crippen molar-refractivity contribution in [1.29, 1.82) is 0 Å². The lowest BCUT2D eigenvalue weighted by atomic mass is 10.0. The van der Waals surface area contributed by atoms with Crippen LogP contribution in [0.1, 0.15) is 39.0 Å². The molecule has 0 saturated carbocycles. The van der Waals surface area contributed by atoms with Crippen LogP contribution in [0.4, 0.5) is 0 Å². The maximum absolute atomic E-state index is 12.6. The predicted molar refractivity (Wildman–Crippen MR) is 114 cm³/mol. The van der Waals surface area contributed by atoms with E-state index in [-0.39, 0.29) is 19.3 Å². The summed E-state index contributed by atoms with van der Waals surface area (Å²) in [6, 6.07) is 11.0. The van der Waals surface area contributed by atoms with Crippen LogP contribution in [0.25, 0.3) is 0 Å². The summed E-state index contributed by atoms with van der Waals surface area (Å²) in [5, 5.41) is 11.7. The van der Waals surface area contributed by atoms with E-state index in [0.717, 1.165) is 10.4 Å².